The summed E-state index contributed by atoms with van der Waals surface area (Å²) in [5.74, 6) is -0.0124. The maximum atomic E-state index is 11.6. The highest BCUT2D eigenvalue weighted by Crippen LogP contribution is 2.15. The molecule has 1 unspecified atom stereocenters. The molecule has 0 saturated heterocycles. The largest absolute Gasteiger partial charge is 0.462 e. The van der Waals surface area contributed by atoms with Crippen molar-refractivity contribution in [3.63, 3.8) is 0 Å². The molecule has 0 spiro atoms. The molecule has 0 amide bonds. The zero-order chi connectivity index (χ0) is 12.1. The van der Waals surface area contributed by atoms with E-state index in [-0.39, 0.29) is 5.97 Å². The number of carbonyl (C=O) groups excluding carboxylic acids is 1. The Labute approximate surface area is 95.6 Å². The molecule has 0 radical (unpaired) electrons. The van der Waals surface area contributed by atoms with Crippen molar-refractivity contribution in [3.8, 4) is 0 Å². The van der Waals surface area contributed by atoms with Crippen molar-refractivity contribution >= 4 is 17.3 Å². The minimum absolute atomic E-state index is 0.363. The fraction of sp³-hybridized carbons (Fsp3) is 0.417. The standard InChI is InChI=1S/C12H18N2O2/c1-3-8(2)7-16-12(15)9-4-10(13)6-11(14)5-9/h4-6,8H,3,7,13-14H2,1-2H3. The van der Waals surface area contributed by atoms with Gasteiger partial charge < -0.3 is 16.2 Å². The molecule has 0 aliphatic carbocycles. The summed E-state index contributed by atoms with van der Waals surface area (Å²) in [5.41, 5.74) is 12.5. The van der Waals surface area contributed by atoms with E-state index in [9.17, 15) is 4.79 Å². The van der Waals surface area contributed by atoms with E-state index >= 15 is 0 Å². The van der Waals surface area contributed by atoms with Crippen LogP contribution in [0.15, 0.2) is 18.2 Å². The molecule has 0 aliphatic heterocycles. The van der Waals surface area contributed by atoms with Crippen molar-refractivity contribution < 1.29 is 9.53 Å². The molecule has 4 heteroatoms. The average molecular weight is 222 g/mol. The van der Waals surface area contributed by atoms with Crippen molar-refractivity contribution in [1.29, 1.82) is 0 Å². The number of ether oxygens (including phenoxy) is 1. The van der Waals surface area contributed by atoms with E-state index in [1.807, 2.05) is 6.92 Å². The van der Waals surface area contributed by atoms with Crippen LogP contribution in [-0.4, -0.2) is 12.6 Å². The van der Waals surface area contributed by atoms with Crippen molar-refractivity contribution in [2.75, 3.05) is 18.1 Å². The van der Waals surface area contributed by atoms with Crippen molar-refractivity contribution in [1.82, 2.24) is 0 Å². The Morgan fingerprint density at radius 2 is 1.88 bits per heavy atom. The van der Waals surface area contributed by atoms with Gasteiger partial charge in [0.05, 0.1) is 12.2 Å². The second-order valence-electron chi connectivity index (χ2n) is 4.00. The second-order valence-corrected chi connectivity index (χ2v) is 4.00. The monoisotopic (exact) mass is 222 g/mol. The second kappa shape index (κ2) is 5.39. The molecular weight excluding hydrogens is 204 g/mol. The van der Waals surface area contributed by atoms with Crippen LogP contribution in [0.4, 0.5) is 11.4 Å². The Morgan fingerprint density at radius 1 is 1.31 bits per heavy atom. The van der Waals surface area contributed by atoms with Gasteiger partial charge in [0, 0.05) is 11.4 Å². The molecule has 1 rings (SSSR count). The number of carbonyl (C=O) groups is 1. The predicted molar refractivity (Wildman–Crippen MR) is 65.0 cm³/mol. The molecule has 1 aromatic rings. The van der Waals surface area contributed by atoms with Crippen molar-refractivity contribution in [3.05, 3.63) is 23.8 Å². The van der Waals surface area contributed by atoms with E-state index in [0.29, 0.717) is 29.5 Å². The first-order chi connectivity index (χ1) is 7.52. The molecule has 0 aromatic heterocycles. The minimum Gasteiger partial charge on any atom is -0.462 e. The lowest BCUT2D eigenvalue weighted by Gasteiger charge is -2.10. The molecule has 4 N–H and O–H groups in total. The maximum absolute atomic E-state index is 11.6. The van der Waals surface area contributed by atoms with Crippen LogP contribution >= 0.6 is 0 Å². The van der Waals surface area contributed by atoms with E-state index in [1.165, 1.54) is 0 Å². The number of hydrogen-bond donors (Lipinski definition) is 2. The third kappa shape index (κ3) is 3.46. The maximum Gasteiger partial charge on any atom is 0.338 e. The smallest absolute Gasteiger partial charge is 0.338 e. The third-order valence-corrected chi connectivity index (χ3v) is 2.41. The predicted octanol–water partition coefficient (Wildman–Crippen LogP) is 2.05. The van der Waals surface area contributed by atoms with Crippen LogP contribution in [0.3, 0.4) is 0 Å². The first-order valence-electron chi connectivity index (χ1n) is 5.36. The number of benzene rings is 1. The normalized spacial score (nSPS) is 12.1. The number of nitrogen functional groups attached to an aromatic ring is 2. The first-order valence-corrected chi connectivity index (χ1v) is 5.36. The summed E-state index contributed by atoms with van der Waals surface area (Å²) < 4.78 is 5.14. The number of nitrogens with two attached hydrogens (primary N) is 2. The molecule has 16 heavy (non-hydrogen) atoms. The van der Waals surface area contributed by atoms with Gasteiger partial charge >= 0.3 is 5.97 Å². The van der Waals surface area contributed by atoms with Crippen LogP contribution in [0.2, 0.25) is 0 Å². The molecule has 0 saturated carbocycles. The van der Waals surface area contributed by atoms with Crippen LogP contribution in [0.25, 0.3) is 0 Å². The van der Waals surface area contributed by atoms with Gasteiger partial charge in [-0.05, 0) is 24.1 Å². The van der Waals surface area contributed by atoms with E-state index in [1.54, 1.807) is 18.2 Å². The van der Waals surface area contributed by atoms with Gasteiger partial charge in [0.1, 0.15) is 0 Å². The zero-order valence-electron chi connectivity index (χ0n) is 9.69. The Bertz CT molecular complexity index is 357. The average Bonchev–Trinajstić information content (AvgIpc) is 2.23. The van der Waals surface area contributed by atoms with Gasteiger partial charge in [0.15, 0.2) is 0 Å². The molecule has 88 valence electrons. The van der Waals surface area contributed by atoms with Crippen LogP contribution in [0.1, 0.15) is 30.6 Å². The SMILES string of the molecule is CCC(C)COC(=O)c1cc(N)cc(N)c1. The number of hydrogen-bond acceptors (Lipinski definition) is 4. The van der Waals surface area contributed by atoms with Crippen LogP contribution in [-0.2, 0) is 4.74 Å². The lowest BCUT2D eigenvalue weighted by atomic mass is 10.1. The summed E-state index contributed by atoms with van der Waals surface area (Å²) in [6.45, 7) is 4.50. The third-order valence-electron chi connectivity index (χ3n) is 2.41. The van der Waals surface area contributed by atoms with E-state index in [2.05, 4.69) is 6.92 Å². The number of esters is 1. The van der Waals surface area contributed by atoms with E-state index in [0.717, 1.165) is 6.42 Å². The van der Waals surface area contributed by atoms with Crippen LogP contribution < -0.4 is 11.5 Å². The van der Waals surface area contributed by atoms with Gasteiger partial charge in [0.2, 0.25) is 0 Å². The lowest BCUT2D eigenvalue weighted by Crippen LogP contribution is -2.12. The number of anilines is 2. The molecule has 0 heterocycles. The van der Waals surface area contributed by atoms with Gasteiger partial charge in [0.25, 0.3) is 0 Å². The molecule has 0 fully saturated rings. The van der Waals surface area contributed by atoms with Gasteiger partial charge in [-0.3, -0.25) is 0 Å². The fourth-order valence-corrected chi connectivity index (χ4v) is 1.21. The minimum atomic E-state index is -0.376. The van der Waals surface area contributed by atoms with Crippen molar-refractivity contribution in [2.24, 2.45) is 5.92 Å². The summed E-state index contributed by atoms with van der Waals surface area (Å²) >= 11 is 0. The van der Waals surface area contributed by atoms with Crippen LogP contribution in [0, 0.1) is 5.92 Å². The molecular formula is C12H18N2O2. The Hall–Kier alpha value is -1.71. The van der Waals surface area contributed by atoms with Crippen LogP contribution in [0.5, 0.6) is 0 Å². The quantitative estimate of drug-likeness (QED) is 0.603. The molecule has 1 aromatic carbocycles. The Morgan fingerprint density at radius 3 is 2.38 bits per heavy atom. The van der Waals surface area contributed by atoms with Gasteiger partial charge in [-0.1, -0.05) is 20.3 Å². The zero-order valence-corrected chi connectivity index (χ0v) is 9.69. The highest BCUT2D eigenvalue weighted by molar-refractivity contribution is 5.91. The van der Waals surface area contributed by atoms with E-state index in [4.69, 9.17) is 16.2 Å². The summed E-state index contributed by atoms with van der Waals surface area (Å²) in [4.78, 5) is 11.6. The Balaban J connectivity index is 2.66. The summed E-state index contributed by atoms with van der Waals surface area (Å²) in [6, 6.07) is 4.73. The number of rotatable bonds is 4. The Kier molecular flexibility index (Phi) is 4.17. The highest BCUT2D eigenvalue weighted by atomic mass is 16.5. The fourth-order valence-electron chi connectivity index (χ4n) is 1.21. The summed E-state index contributed by atoms with van der Waals surface area (Å²) in [7, 11) is 0. The van der Waals surface area contributed by atoms with Crippen molar-refractivity contribution in [2.45, 2.75) is 20.3 Å². The summed E-state index contributed by atoms with van der Waals surface area (Å²) in [5, 5.41) is 0. The topological polar surface area (TPSA) is 78.3 Å². The van der Waals surface area contributed by atoms with Gasteiger partial charge in [-0.15, -0.1) is 0 Å². The highest BCUT2D eigenvalue weighted by Gasteiger charge is 2.10. The molecule has 4 nitrogen and oxygen atoms in total. The van der Waals surface area contributed by atoms with Gasteiger partial charge in [-0.2, -0.15) is 0 Å². The summed E-state index contributed by atoms with van der Waals surface area (Å²) in [6.07, 6.45) is 0.979. The van der Waals surface area contributed by atoms with E-state index < -0.39 is 0 Å². The van der Waals surface area contributed by atoms with Gasteiger partial charge in [-0.25, -0.2) is 4.79 Å². The molecule has 1 atom stereocenters. The first kappa shape index (κ1) is 12.4. The molecule has 0 aliphatic rings. The lowest BCUT2D eigenvalue weighted by molar-refractivity contribution is 0.0447. The molecule has 0 bridgehead atoms.